The van der Waals surface area contributed by atoms with Crippen molar-refractivity contribution in [3.8, 4) is 0 Å². The molecule has 0 bridgehead atoms. The molecule has 2 nitrogen and oxygen atoms in total. The zero-order chi connectivity index (χ0) is 12.0. The van der Waals surface area contributed by atoms with Gasteiger partial charge in [-0.2, -0.15) is 0 Å². The van der Waals surface area contributed by atoms with Crippen LogP contribution in [0, 0.1) is 5.82 Å². The van der Waals surface area contributed by atoms with Crippen molar-refractivity contribution in [1.82, 2.24) is 4.90 Å². The molecule has 0 spiro atoms. The summed E-state index contributed by atoms with van der Waals surface area (Å²) in [7, 11) is 0. The highest BCUT2D eigenvalue weighted by molar-refractivity contribution is 5.94. The molecule has 0 fully saturated rings. The molecule has 0 aliphatic carbocycles. The second-order valence-corrected chi connectivity index (χ2v) is 3.72. The number of hydrogen-bond donors (Lipinski definition) is 0. The summed E-state index contributed by atoms with van der Waals surface area (Å²) in [5.74, 6) is -0.656. The van der Waals surface area contributed by atoms with Crippen LogP contribution in [0.3, 0.4) is 0 Å². The molecule has 1 aromatic carbocycles. The molecule has 0 aliphatic heterocycles. The third kappa shape index (κ3) is 3.05. The van der Waals surface area contributed by atoms with Gasteiger partial charge in [-0.1, -0.05) is 25.5 Å². The van der Waals surface area contributed by atoms with Crippen LogP contribution in [-0.2, 0) is 0 Å². The number of amides is 1. The fourth-order valence-corrected chi connectivity index (χ4v) is 1.56. The first-order valence-electron chi connectivity index (χ1n) is 5.74. The third-order valence-electron chi connectivity index (χ3n) is 2.55. The van der Waals surface area contributed by atoms with Crippen molar-refractivity contribution in [2.75, 3.05) is 13.1 Å². The SMILES string of the molecule is CCCCN(CC)C(=O)c1ccccc1F. The van der Waals surface area contributed by atoms with Crippen molar-refractivity contribution in [2.24, 2.45) is 0 Å². The molecular weight excluding hydrogens is 205 g/mol. The second-order valence-electron chi connectivity index (χ2n) is 3.72. The van der Waals surface area contributed by atoms with Crippen molar-refractivity contribution in [3.63, 3.8) is 0 Å². The standard InChI is InChI=1S/C13H18FNO/c1-3-5-10-15(4-2)13(16)11-8-6-7-9-12(11)14/h6-9H,3-5,10H2,1-2H3. The van der Waals surface area contributed by atoms with Gasteiger partial charge < -0.3 is 4.90 Å². The van der Waals surface area contributed by atoms with Crippen LogP contribution in [0.1, 0.15) is 37.0 Å². The summed E-state index contributed by atoms with van der Waals surface area (Å²) >= 11 is 0. The van der Waals surface area contributed by atoms with Crippen LogP contribution in [0.15, 0.2) is 24.3 Å². The first-order chi connectivity index (χ1) is 7.70. The van der Waals surface area contributed by atoms with Crippen molar-refractivity contribution < 1.29 is 9.18 Å². The quantitative estimate of drug-likeness (QED) is 0.751. The van der Waals surface area contributed by atoms with E-state index in [4.69, 9.17) is 0 Å². The maximum absolute atomic E-state index is 13.4. The predicted octanol–water partition coefficient (Wildman–Crippen LogP) is 3.09. The average Bonchev–Trinajstić information content (AvgIpc) is 2.30. The van der Waals surface area contributed by atoms with Crippen molar-refractivity contribution in [3.05, 3.63) is 35.6 Å². The van der Waals surface area contributed by atoms with Crippen LogP contribution >= 0.6 is 0 Å². The predicted molar refractivity (Wildman–Crippen MR) is 62.9 cm³/mol. The Bertz CT molecular complexity index is 352. The van der Waals surface area contributed by atoms with Gasteiger partial charge in [0.1, 0.15) is 5.82 Å². The van der Waals surface area contributed by atoms with E-state index in [-0.39, 0.29) is 11.5 Å². The molecule has 1 aromatic rings. The van der Waals surface area contributed by atoms with Gasteiger partial charge in [-0.3, -0.25) is 4.79 Å². The van der Waals surface area contributed by atoms with Crippen LogP contribution in [0.5, 0.6) is 0 Å². The van der Waals surface area contributed by atoms with Crippen molar-refractivity contribution >= 4 is 5.91 Å². The summed E-state index contributed by atoms with van der Waals surface area (Å²) in [5, 5.41) is 0. The van der Waals surface area contributed by atoms with Crippen LogP contribution in [0.4, 0.5) is 4.39 Å². The van der Waals surface area contributed by atoms with Crippen LogP contribution in [-0.4, -0.2) is 23.9 Å². The maximum atomic E-state index is 13.4. The first-order valence-corrected chi connectivity index (χ1v) is 5.74. The topological polar surface area (TPSA) is 20.3 Å². The lowest BCUT2D eigenvalue weighted by Crippen LogP contribution is -2.32. The van der Waals surface area contributed by atoms with Gasteiger partial charge in [0.05, 0.1) is 5.56 Å². The van der Waals surface area contributed by atoms with Crippen LogP contribution < -0.4 is 0 Å². The van der Waals surface area contributed by atoms with Crippen molar-refractivity contribution in [2.45, 2.75) is 26.7 Å². The number of rotatable bonds is 5. The molecule has 1 rings (SSSR count). The van der Waals surface area contributed by atoms with E-state index < -0.39 is 5.82 Å². The summed E-state index contributed by atoms with van der Waals surface area (Å²) in [6.45, 7) is 5.29. The number of hydrogen-bond acceptors (Lipinski definition) is 1. The Balaban J connectivity index is 2.79. The average molecular weight is 223 g/mol. The Morgan fingerprint density at radius 3 is 2.56 bits per heavy atom. The summed E-state index contributed by atoms with van der Waals surface area (Å²) in [5.41, 5.74) is 0.167. The maximum Gasteiger partial charge on any atom is 0.256 e. The smallest absolute Gasteiger partial charge is 0.256 e. The number of nitrogens with zero attached hydrogens (tertiary/aromatic N) is 1. The number of benzene rings is 1. The van der Waals surface area contributed by atoms with Crippen LogP contribution in [0.2, 0.25) is 0 Å². The molecule has 0 heterocycles. The fraction of sp³-hybridized carbons (Fsp3) is 0.462. The summed E-state index contributed by atoms with van der Waals surface area (Å²) in [6, 6.07) is 6.13. The van der Waals surface area contributed by atoms with E-state index in [1.54, 1.807) is 17.0 Å². The Kier molecular flexibility index (Phi) is 4.96. The number of halogens is 1. The molecule has 0 unspecified atom stereocenters. The highest BCUT2D eigenvalue weighted by Gasteiger charge is 2.16. The minimum Gasteiger partial charge on any atom is -0.339 e. The van der Waals surface area contributed by atoms with E-state index in [2.05, 4.69) is 6.92 Å². The zero-order valence-corrected chi connectivity index (χ0v) is 9.87. The molecule has 3 heteroatoms. The lowest BCUT2D eigenvalue weighted by atomic mass is 10.1. The molecule has 0 saturated carbocycles. The van der Waals surface area contributed by atoms with Gasteiger partial charge >= 0.3 is 0 Å². The highest BCUT2D eigenvalue weighted by atomic mass is 19.1. The summed E-state index contributed by atoms with van der Waals surface area (Å²) in [4.78, 5) is 13.7. The Hall–Kier alpha value is -1.38. The molecule has 1 amide bonds. The molecule has 16 heavy (non-hydrogen) atoms. The Morgan fingerprint density at radius 1 is 1.31 bits per heavy atom. The van der Waals surface area contributed by atoms with E-state index in [1.807, 2.05) is 6.92 Å². The van der Waals surface area contributed by atoms with Crippen LogP contribution in [0.25, 0.3) is 0 Å². The molecule has 88 valence electrons. The monoisotopic (exact) mass is 223 g/mol. The molecule has 0 radical (unpaired) electrons. The number of carbonyl (C=O) groups excluding carboxylic acids is 1. The normalized spacial score (nSPS) is 10.2. The highest BCUT2D eigenvalue weighted by Crippen LogP contribution is 2.10. The van der Waals surface area contributed by atoms with Crippen molar-refractivity contribution in [1.29, 1.82) is 0 Å². The van der Waals surface area contributed by atoms with E-state index >= 15 is 0 Å². The lowest BCUT2D eigenvalue weighted by molar-refractivity contribution is 0.0757. The fourth-order valence-electron chi connectivity index (χ4n) is 1.56. The second kappa shape index (κ2) is 6.26. The lowest BCUT2D eigenvalue weighted by Gasteiger charge is -2.20. The molecule has 0 N–H and O–H groups in total. The zero-order valence-electron chi connectivity index (χ0n) is 9.87. The van der Waals surface area contributed by atoms with Gasteiger partial charge in [0.25, 0.3) is 5.91 Å². The van der Waals surface area contributed by atoms with E-state index in [1.165, 1.54) is 12.1 Å². The van der Waals surface area contributed by atoms with E-state index in [9.17, 15) is 9.18 Å². The molecule has 0 aliphatic rings. The minimum atomic E-state index is -0.442. The number of unbranched alkanes of at least 4 members (excludes halogenated alkanes) is 1. The third-order valence-corrected chi connectivity index (χ3v) is 2.55. The van der Waals surface area contributed by atoms with Gasteiger partial charge in [0, 0.05) is 13.1 Å². The Labute approximate surface area is 96.1 Å². The molecular formula is C13H18FNO. The van der Waals surface area contributed by atoms with Gasteiger partial charge in [-0.15, -0.1) is 0 Å². The van der Waals surface area contributed by atoms with Gasteiger partial charge in [0.15, 0.2) is 0 Å². The van der Waals surface area contributed by atoms with E-state index in [0.717, 1.165) is 12.8 Å². The Morgan fingerprint density at radius 2 is 2.00 bits per heavy atom. The van der Waals surface area contributed by atoms with E-state index in [0.29, 0.717) is 13.1 Å². The summed E-state index contributed by atoms with van der Waals surface area (Å²) in [6.07, 6.45) is 1.98. The largest absolute Gasteiger partial charge is 0.339 e. The molecule has 0 aromatic heterocycles. The summed E-state index contributed by atoms with van der Waals surface area (Å²) < 4.78 is 13.4. The molecule has 0 atom stereocenters. The van der Waals surface area contributed by atoms with Gasteiger partial charge in [0.2, 0.25) is 0 Å². The van der Waals surface area contributed by atoms with Gasteiger partial charge in [-0.25, -0.2) is 4.39 Å². The minimum absolute atomic E-state index is 0.167. The number of carbonyl (C=O) groups is 1. The molecule has 0 saturated heterocycles. The van der Waals surface area contributed by atoms with Gasteiger partial charge in [-0.05, 0) is 25.5 Å². The first kappa shape index (κ1) is 12.7.